The largest absolute Gasteiger partial charge is 0.342 e. The first-order valence-electron chi connectivity index (χ1n) is 4.64. The van der Waals surface area contributed by atoms with E-state index in [1.165, 1.54) is 0 Å². The minimum atomic E-state index is -0.812. The number of unbranched alkanes of at least 4 members (excludes halogenated alkanes) is 1. The Kier molecular flexibility index (Phi) is 7.83. The highest BCUT2D eigenvalue weighted by atomic mass is 19.1. The highest BCUT2D eigenvalue weighted by Crippen LogP contribution is 2.06. The second-order valence-corrected chi connectivity index (χ2v) is 3.24. The van der Waals surface area contributed by atoms with Crippen LogP contribution in [0.25, 0.3) is 0 Å². The molecule has 0 rings (SSSR count). The van der Waals surface area contributed by atoms with E-state index >= 15 is 0 Å². The van der Waals surface area contributed by atoms with Gasteiger partial charge >= 0.3 is 0 Å². The van der Waals surface area contributed by atoms with Crippen LogP contribution in [-0.4, -0.2) is 25.2 Å². The molecule has 0 aliphatic heterocycles. The lowest BCUT2D eigenvalue weighted by molar-refractivity contribution is 0.0270. The third-order valence-electron chi connectivity index (χ3n) is 1.86. The molecule has 4 heteroatoms. The number of hydrogen-bond donors (Lipinski definition) is 2. The van der Waals surface area contributed by atoms with Crippen LogP contribution in [0.4, 0.5) is 4.39 Å². The van der Waals surface area contributed by atoms with Crippen molar-refractivity contribution in [2.75, 3.05) is 6.86 Å². The Labute approximate surface area is 79.0 Å². The van der Waals surface area contributed by atoms with Gasteiger partial charge in [0.2, 0.25) is 0 Å². The average molecular weight is 190 g/mol. The maximum atomic E-state index is 11.7. The van der Waals surface area contributed by atoms with E-state index in [1.807, 2.05) is 6.92 Å². The molecule has 0 amide bonds. The van der Waals surface area contributed by atoms with Crippen LogP contribution in [0.1, 0.15) is 32.6 Å². The summed E-state index contributed by atoms with van der Waals surface area (Å²) in [6.07, 6.45) is 4.41. The van der Waals surface area contributed by atoms with E-state index in [9.17, 15) is 4.39 Å². The second-order valence-electron chi connectivity index (χ2n) is 3.24. The van der Waals surface area contributed by atoms with Crippen molar-refractivity contribution < 1.29 is 9.13 Å². The molecule has 0 spiro atoms. The lowest BCUT2D eigenvalue weighted by Gasteiger charge is -2.10. The normalized spacial score (nSPS) is 15.3. The number of ether oxygens (including phenoxy) is 1. The summed E-state index contributed by atoms with van der Waals surface area (Å²) in [7, 11) is 0. The molecule has 3 N–H and O–H groups in total. The van der Waals surface area contributed by atoms with E-state index in [2.05, 4.69) is 4.74 Å². The molecular formula is C9H19FN2O. The van der Waals surface area contributed by atoms with Gasteiger partial charge in [0, 0.05) is 12.3 Å². The summed E-state index contributed by atoms with van der Waals surface area (Å²) < 4.78 is 16.4. The maximum Gasteiger partial charge on any atom is 0.189 e. The number of halogens is 1. The number of nitrogens with one attached hydrogen (secondary N) is 1. The van der Waals surface area contributed by atoms with Gasteiger partial charge in [-0.05, 0) is 19.8 Å². The third kappa shape index (κ3) is 7.87. The Morgan fingerprint density at radius 2 is 2.08 bits per heavy atom. The van der Waals surface area contributed by atoms with Gasteiger partial charge in [0.25, 0.3) is 0 Å². The molecule has 0 saturated carbocycles. The van der Waals surface area contributed by atoms with Gasteiger partial charge in [-0.2, -0.15) is 0 Å². The zero-order valence-corrected chi connectivity index (χ0v) is 8.13. The number of rotatable bonds is 8. The number of nitrogens with two attached hydrogens (primary N) is 1. The molecule has 0 aromatic carbocycles. The van der Waals surface area contributed by atoms with Gasteiger partial charge in [-0.15, -0.1) is 0 Å². The summed E-state index contributed by atoms with van der Waals surface area (Å²) in [5.41, 5.74) is 5.56. The molecule has 0 aromatic heterocycles. The van der Waals surface area contributed by atoms with E-state index in [1.54, 1.807) is 0 Å². The average Bonchev–Trinajstić information content (AvgIpc) is 2.10. The summed E-state index contributed by atoms with van der Waals surface area (Å²) in [5.74, 6) is 0. The smallest absolute Gasteiger partial charge is 0.189 e. The van der Waals surface area contributed by atoms with Gasteiger partial charge in [0.1, 0.15) is 0 Å². The molecule has 0 saturated heterocycles. The zero-order chi connectivity index (χ0) is 10.1. The summed E-state index contributed by atoms with van der Waals surface area (Å²) >= 11 is 0. The Hall–Kier alpha value is -0.480. The maximum absolute atomic E-state index is 11.7. The van der Waals surface area contributed by atoms with Crippen molar-refractivity contribution >= 4 is 6.21 Å². The van der Waals surface area contributed by atoms with Crippen LogP contribution in [0, 0.1) is 5.41 Å². The molecule has 2 unspecified atom stereocenters. The summed E-state index contributed by atoms with van der Waals surface area (Å²) in [4.78, 5) is 0. The fourth-order valence-electron chi connectivity index (χ4n) is 1.11. The van der Waals surface area contributed by atoms with Crippen molar-refractivity contribution in [3.8, 4) is 0 Å². The predicted molar refractivity (Wildman–Crippen MR) is 51.7 cm³/mol. The van der Waals surface area contributed by atoms with Crippen LogP contribution in [0.3, 0.4) is 0 Å². The number of alkyl halides is 1. The van der Waals surface area contributed by atoms with E-state index in [4.69, 9.17) is 11.1 Å². The molecule has 3 nitrogen and oxygen atoms in total. The minimum Gasteiger partial charge on any atom is -0.342 e. The van der Waals surface area contributed by atoms with E-state index in [0.717, 1.165) is 25.5 Å². The van der Waals surface area contributed by atoms with Crippen LogP contribution < -0.4 is 5.73 Å². The van der Waals surface area contributed by atoms with Gasteiger partial charge < -0.3 is 15.9 Å². The van der Waals surface area contributed by atoms with E-state index in [0.29, 0.717) is 6.42 Å². The van der Waals surface area contributed by atoms with Crippen LogP contribution in [-0.2, 0) is 4.74 Å². The monoisotopic (exact) mass is 190 g/mol. The molecule has 78 valence electrons. The first-order valence-corrected chi connectivity index (χ1v) is 4.64. The molecule has 2 atom stereocenters. The van der Waals surface area contributed by atoms with E-state index in [-0.39, 0.29) is 12.1 Å². The minimum absolute atomic E-state index is 0.223. The first-order chi connectivity index (χ1) is 6.20. The molecule has 0 bridgehead atoms. The Balaban J connectivity index is 3.32. The van der Waals surface area contributed by atoms with Crippen molar-refractivity contribution in [3.05, 3.63) is 0 Å². The summed E-state index contributed by atoms with van der Waals surface area (Å²) in [5, 5.41) is 6.94. The Bertz CT molecular complexity index is 131. The fourth-order valence-corrected chi connectivity index (χ4v) is 1.11. The molecule has 0 heterocycles. The molecule has 0 radical (unpaired) electrons. The predicted octanol–water partition coefficient (Wildman–Crippen LogP) is 1.86. The lowest BCUT2D eigenvalue weighted by Crippen LogP contribution is -2.16. The molecule has 0 aliphatic carbocycles. The molecule has 0 aliphatic rings. The summed E-state index contributed by atoms with van der Waals surface area (Å²) in [6, 6.07) is 0.223. The topological polar surface area (TPSA) is 59.1 Å². The van der Waals surface area contributed by atoms with Crippen LogP contribution >= 0.6 is 0 Å². The third-order valence-corrected chi connectivity index (χ3v) is 1.86. The van der Waals surface area contributed by atoms with Crippen molar-refractivity contribution in [1.29, 1.82) is 5.41 Å². The van der Waals surface area contributed by atoms with Gasteiger partial charge in [0.05, 0.1) is 6.10 Å². The molecule has 13 heavy (non-hydrogen) atoms. The molecular weight excluding hydrogens is 171 g/mol. The molecule has 0 aromatic rings. The van der Waals surface area contributed by atoms with Crippen LogP contribution in [0.5, 0.6) is 0 Å². The van der Waals surface area contributed by atoms with Gasteiger partial charge in [-0.3, -0.25) is 0 Å². The highest BCUT2D eigenvalue weighted by Gasteiger charge is 2.04. The fraction of sp³-hybridized carbons (Fsp3) is 0.889. The second kappa shape index (κ2) is 8.13. The van der Waals surface area contributed by atoms with Crippen molar-refractivity contribution in [3.63, 3.8) is 0 Å². The van der Waals surface area contributed by atoms with Crippen molar-refractivity contribution in [2.45, 2.75) is 44.8 Å². The number of hydrogen-bond acceptors (Lipinski definition) is 3. The first kappa shape index (κ1) is 12.5. The van der Waals surface area contributed by atoms with Gasteiger partial charge in [-0.25, -0.2) is 4.39 Å². The quantitative estimate of drug-likeness (QED) is 0.453. The van der Waals surface area contributed by atoms with Crippen molar-refractivity contribution in [1.82, 2.24) is 0 Å². The molecule has 0 fully saturated rings. The van der Waals surface area contributed by atoms with Gasteiger partial charge in [0.15, 0.2) is 6.86 Å². The van der Waals surface area contributed by atoms with E-state index < -0.39 is 6.86 Å². The standard InChI is InChI=1S/C9H19FN2O/c1-8(12)4-2-3-5-9(6-11)13-7-10/h6,8-9,11H,2-5,7,12H2,1H3. The van der Waals surface area contributed by atoms with Gasteiger partial charge in [-0.1, -0.05) is 12.8 Å². The Morgan fingerprint density at radius 1 is 1.46 bits per heavy atom. The Morgan fingerprint density at radius 3 is 2.54 bits per heavy atom. The highest BCUT2D eigenvalue weighted by molar-refractivity contribution is 5.58. The van der Waals surface area contributed by atoms with Crippen molar-refractivity contribution in [2.24, 2.45) is 5.73 Å². The zero-order valence-electron chi connectivity index (χ0n) is 8.13. The lowest BCUT2D eigenvalue weighted by atomic mass is 10.1. The van der Waals surface area contributed by atoms with Crippen LogP contribution in [0.2, 0.25) is 0 Å². The SMILES string of the molecule is CC(N)CCCCC(C=N)OCF. The van der Waals surface area contributed by atoms with Crippen LogP contribution in [0.15, 0.2) is 0 Å². The summed E-state index contributed by atoms with van der Waals surface area (Å²) in [6.45, 7) is 1.15.